The van der Waals surface area contributed by atoms with E-state index in [1.165, 1.54) is 12.8 Å². The quantitative estimate of drug-likeness (QED) is 0.387. The van der Waals surface area contributed by atoms with Crippen molar-refractivity contribution >= 4 is 5.96 Å². The Balaban J connectivity index is 2.33. The van der Waals surface area contributed by atoms with Crippen molar-refractivity contribution in [1.29, 1.82) is 0 Å². The maximum Gasteiger partial charge on any atom is 0.188 e. The van der Waals surface area contributed by atoms with Gasteiger partial charge in [0.25, 0.3) is 0 Å². The molecule has 0 heterocycles. The summed E-state index contributed by atoms with van der Waals surface area (Å²) in [5.41, 5.74) is 5.71. The molecular formula is C6H13N3. The minimum atomic E-state index is 0.267. The van der Waals surface area contributed by atoms with Crippen molar-refractivity contribution in [3.8, 4) is 0 Å². The Morgan fingerprint density at radius 2 is 2.22 bits per heavy atom. The van der Waals surface area contributed by atoms with Gasteiger partial charge in [-0.25, -0.2) is 0 Å². The lowest BCUT2D eigenvalue weighted by Gasteiger charge is -2.10. The molecule has 0 aromatic carbocycles. The molecule has 1 rings (SSSR count). The summed E-state index contributed by atoms with van der Waals surface area (Å²) in [4.78, 5) is 3.80. The lowest BCUT2D eigenvalue weighted by Crippen LogP contribution is -2.39. The van der Waals surface area contributed by atoms with Crippen LogP contribution in [0.1, 0.15) is 19.8 Å². The van der Waals surface area contributed by atoms with E-state index in [4.69, 9.17) is 5.73 Å². The van der Waals surface area contributed by atoms with E-state index in [2.05, 4.69) is 17.2 Å². The van der Waals surface area contributed by atoms with Crippen LogP contribution < -0.4 is 11.1 Å². The largest absolute Gasteiger partial charge is 0.370 e. The second kappa shape index (κ2) is 1.90. The van der Waals surface area contributed by atoms with Gasteiger partial charge in [0.1, 0.15) is 0 Å². The lowest BCUT2D eigenvalue weighted by molar-refractivity contribution is 0.662. The van der Waals surface area contributed by atoms with Crippen molar-refractivity contribution in [2.75, 3.05) is 7.05 Å². The summed E-state index contributed by atoms with van der Waals surface area (Å²) in [5, 5.41) is 3.11. The molecule has 3 heteroatoms. The van der Waals surface area contributed by atoms with Gasteiger partial charge in [0.05, 0.1) is 0 Å². The summed E-state index contributed by atoms with van der Waals surface area (Å²) >= 11 is 0. The van der Waals surface area contributed by atoms with Crippen molar-refractivity contribution in [1.82, 2.24) is 5.32 Å². The molecule has 1 fully saturated rings. The maximum absolute atomic E-state index is 5.44. The van der Waals surface area contributed by atoms with E-state index in [0.29, 0.717) is 5.96 Å². The van der Waals surface area contributed by atoms with Gasteiger partial charge in [0.15, 0.2) is 5.96 Å². The van der Waals surface area contributed by atoms with Gasteiger partial charge in [-0.15, -0.1) is 0 Å². The Hall–Kier alpha value is -0.730. The molecule has 0 saturated heterocycles. The Labute approximate surface area is 55.3 Å². The van der Waals surface area contributed by atoms with Gasteiger partial charge in [0, 0.05) is 12.6 Å². The number of hydrogen-bond acceptors (Lipinski definition) is 1. The van der Waals surface area contributed by atoms with Crippen LogP contribution in [-0.2, 0) is 0 Å². The molecule has 1 aliphatic rings. The highest BCUT2D eigenvalue weighted by Gasteiger charge is 2.37. The molecule has 0 unspecified atom stereocenters. The van der Waals surface area contributed by atoms with Crippen LogP contribution in [0.2, 0.25) is 0 Å². The maximum atomic E-state index is 5.44. The minimum absolute atomic E-state index is 0.267. The molecule has 0 aromatic rings. The number of nitrogens with zero attached hydrogens (tertiary/aromatic N) is 1. The molecule has 0 atom stereocenters. The van der Waals surface area contributed by atoms with Crippen molar-refractivity contribution in [3.63, 3.8) is 0 Å². The third-order valence-electron chi connectivity index (χ3n) is 1.67. The normalized spacial score (nSPS) is 23.6. The molecule has 3 N–H and O–H groups in total. The van der Waals surface area contributed by atoms with Crippen LogP contribution in [0.25, 0.3) is 0 Å². The number of nitrogens with two attached hydrogens (primary N) is 1. The molecule has 52 valence electrons. The molecule has 1 aliphatic carbocycles. The predicted octanol–water partition coefficient (Wildman–Crippen LogP) is 0.0730. The number of aliphatic imine (C=N–C) groups is 1. The summed E-state index contributed by atoms with van der Waals surface area (Å²) in [6.45, 7) is 2.14. The average molecular weight is 127 g/mol. The monoisotopic (exact) mass is 127 g/mol. The van der Waals surface area contributed by atoms with Gasteiger partial charge >= 0.3 is 0 Å². The first-order valence-electron chi connectivity index (χ1n) is 3.17. The molecule has 0 bridgehead atoms. The van der Waals surface area contributed by atoms with E-state index in [0.717, 1.165) is 0 Å². The number of rotatable bonds is 1. The van der Waals surface area contributed by atoms with Gasteiger partial charge in [-0.1, -0.05) is 0 Å². The molecule has 3 nitrogen and oxygen atoms in total. The van der Waals surface area contributed by atoms with E-state index in [9.17, 15) is 0 Å². The van der Waals surface area contributed by atoms with E-state index >= 15 is 0 Å². The molecular weight excluding hydrogens is 114 g/mol. The zero-order valence-corrected chi connectivity index (χ0v) is 5.94. The Morgan fingerprint density at radius 1 is 1.67 bits per heavy atom. The van der Waals surface area contributed by atoms with Gasteiger partial charge in [-0.05, 0) is 19.8 Å². The topological polar surface area (TPSA) is 50.4 Å². The SMILES string of the molecule is CN=C(N)NC1(C)CC1. The average Bonchev–Trinajstić information content (AvgIpc) is 2.48. The highest BCUT2D eigenvalue weighted by molar-refractivity contribution is 5.78. The van der Waals surface area contributed by atoms with Crippen molar-refractivity contribution in [3.05, 3.63) is 0 Å². The van der Waals surface area contributed by atoms with E-state index in [-0.39, 0.29) is 5.54 Å². The summed E-state index contributed by atoms with van der Waals surface area (Å²) in [6.07, 6.45) is 2.42. The first kappa shape index (κ1) is 6.39. The van der Waals surface area contributed by atoms with Crippen LogP contribution in [0.4, 0.5) is 0 Å². The molecule has 9 heavy (non-hydrogen) atoms. The zero-order chi connectivity index (χ0) is 6.91. The first-order chi connectivity index (χ1) is 4.16. The summed E-state index contributed by atoms with van der Waals surface area (Å²) in [7, 11) is 1.69. The second-order valence-electron chi connectivity index (χ2n) is 2.79. The third kappa shape index (κ3) is 1.59. The predicted molar refractivity (Wildman–Crippen MR) is 38.3 cm³/mol. The van der Waals surface area contributed by atoms with Gasteiger partial charge in [0.2, 0.25) is 0 Å². The molecule has 0 spiro atoms. The van der Waals surface area contributed by atoms with Crippen molar-refractivity contribution in [2.45, 2.75) is 25.3 Å². The van der Waals surface area contributed by atoms with Gasteiger partial charge in [-0.3, -0.25) is 4.99 Å². The summed E-state index contributed by atoms with van der Waals surface area (Å²) in [5.74, 6) is 0.551. The standard InChI is InChI=1S/C6H13N3/c1-6(3-4-6)9-5(7)8-2/h3-4H2,1-2H3,(H3,7,8,9). The lowest BCUT2D eigenvalue weighted by atomic mass is 10.3. The van der Waals surface area contributed by atoms with Crippen LogP contribution in [0.5, 0.6) is 0 Å². The smallest absolute Gasteiger partial charge is 0.188 e. The molecule has 0 aromatic heterocycles. The summed E-state index contributed by atoms with van der Waals surface area (Å²) < 4.78 is 0. The van der Waals surface area contributed by atoms with Crippen LogP contribution in [-0.4, -0.2) is 18.5 Å². The van der Waals surface area contributed by atoms with E-state index in [1.807, 2.05) is 0 Å². The number of guanidine groups is 1. The van der Waals surface area contributed by atoms with Crippen molar-refractivity contribution < 1.29 is 0 Å². The van der Waals surface area contributed by atoms with Gasteiger partial charge in [-0.2, -0.15) is 0 Å². The highest BCUT2D eigenvalue weighted by Crippen LogP contribution is 2.33. The van der Waals surface area contributed by atoms with E-state index in [1.54, 1.807) is 7.05 Å². The fourth-order valence-electron chi connectivity index (χ4n) is 0.678. The van der Waals surface area contributed by atoms with Gasteiger partial charge < -0.3 is 11.1 Å². The number of hydrogen-bond donors (Lipinski definition) is 2. The Bertz CT molecular complexity index is 135. The Morgan fingerprint density at radius 3 is 2.56 bits per heavy atom. The minimum Gasteiger partial charge on any atom is -0.370 e. The van der Waals surface area contributed by atoms with Crippen LogP contribution in [0.15, 0.2) is 4.99 Å². The summed E-state index contributed by atoms with van der Waals surface area (Å²) in [6, 6.07) is 0. The number of nitrogens with one attached hydrogen (secondary N) is 1. The fraction of sp³-hybridized carbons (Fsp3) is 0.833. The molecule has 0 radical (unpaired) electrons. The van der Waals surface area contributed by atoms with Crippen LogP contribution in [0.3, 0.4) is 0 Å². The zero-order valence-electron chi connectivity index (χ0n) is 5.94. The van der Waals surface area contributed by atoms with Crippen LogP contribution in [0, 0.1) is 0 Å². The first-order valence-corrected chi connectivity index (χ1v) is 3.17. The van der Waals surface area contributed by atoms with E-state index < -0.39 is 0 Å². The molecule has 0 amide bonds. The Kier molecular flexibility index (Phi) is 1.35. The fourth-order valence-corrected chi connectivity index (χ4v) is 0.678. The molecule has 1 saturated carbocycles. The highest BCUT2D eigenvalue weighted by atomic mass is 15.1. The molecule has 0 aliphatic heterocycles. The second-order valence-corrected chi connectivity index (χ2v) is 2.79. The third-order valence-corrected chi connectivity index (χ3v) is 1.67. The van der Waals surface area contributed by atoms with Crippen molar-refractivity contribution in [2.24, 2.45) is 10.7 Å². The van der Waals surface area contributed by atoms with Crippen LogP contribution >= 0.6 is 0 Å².